The van der Waals surface area contributed by atoms with E-state index in [1.807, 2.05) is 55.5 Å². The highest BCUT2D eigenvalue weighted by atomic mass is 16.5. The molecule has 22 heavy (non-hydrogen) atoms. The van der Waals surface area contributed by atoms with Gasteiger partial charge in [-0.1, -0.05) is 24.3 Å². The van der Waals surface area contributed by atoms with E-state index in [1.54, 1.807) is 14.0 Å². The molecule has 0 spiro atoms. The average molecular weight is 299 g/mol. The summed E-state index contributed by atoms with van der Waals surface area (Å²) in [6, 6.07) is 15.2. The number of ether oxygens (including phenoxy) is 2. The third-order valence-corrected chi connectivity index (χ3v) is 3.30. The summed E-state index contributed by atoms with van der Waals surface area (Å²) in [6.45, 7) is 4.19. The standard InChI is InChI=1S/C18H21NO3/c1-13-5-4-6-17(11-13)22-14(2)18(20)19-12-15-7-9-16(21-3)10-8-15/h4-11,14H,12H2,1-3H3,(H,19,20). The zero-order valence-corrected chi connectivity index (χ0v) is 13.1. The average Bonchev–Trinajstić information content (AvgIpc) is 2.53. The summed E-state index contributed by atoms with van der Waals surface area (Å²) in [6.07, 6.45) is -0.542. The zero-order valence-electron chi connectivity index (χ0n) is 13.1. The molecule has 0 heterocycles. The van der Waals surface area contributed by atoms with Gasteiger partial charge in [0.2, 0.25) is 0 Å². The minimum atomic E-state index is -0.542. The maximum atomic E-state index is 12.1. The second-order valence-corrected chi connectivity index (χ2v) is 5.14. The maximum Gasteiger partial charge on any atom is 0.261 e. The number of benzene rings is 2. The van der Waals surface area contributed by atoms with E-state index in [2.05, 4.69) is 5.32 Å². The van der Waals surface area contributed by atoms with E-state index in [9.17, 15) is 4.79 Å². The largest absolute Gasteiger partial charge is 0.497 e. The van der Waals surface area contributed by atoms with Gasteiger partial charge in [-0.3, -0.25) is 4.79 Å². The van der Waals surface area contributed by atoms with Crippen molar-refractivity contribution in [1.29, 1.82) is 0 Å². The molecule has 1 amide bonds. The number of hydrogen-bond acceptors (Lipinski definition) is 3. The fourth-order valence-electron chi connectivity index (χ4n) is 2.02. The first kappa shape index (κ1) is 15.9. The smallest absolute Gasteiger partial charge is 0.261 e. The van der Waals surface area contributed by atoms with E-state index in [0.717, 1.165) is 16.9 Å². The van der Waals surface area contributed by atoms with E-state index in [4.69, 9.17) is 9.47 Å². The molecule has 0 fully saturated rings. The van der Waals surface area contributed by atoms with Gasteiger partial charge in [-0.25, -0.2) is 0 Å². The first-order valence-corrected chi connectivity index (χ1v) is 7.22. The molecule has 116 valence electrons. The van der Waals surface area contributed by atoms with Gasteiger partial charge >= 0.3 is 0 Å². The number of nitrogens with one attached hydrogen (secondary N) is 1. The van der Waals surface area contributed by atoms with Gasteiger partial charge in [0, 0.05) is 6.54 Å². The molecule has 2 rings (SSSR count). The third kappa shape index (κ3) is 4.52. The van der Waals surface area contributed by atoms with Crippen LogP contribution in [-0.4, -0.2) is 19.1 Å². The lowest BCUT2D eigenvalue weighted by Gasteiger charge is -2.15. The predicted octanol–water partition coefficient (Wildman–Crippen LogP) is 3.09. The molecule has 0 radical (unpaired) electrons. The van der Waals surface area contributed by atoms with Crippen molar-refractivity contribution in [2.24, 2.45) is 0 Å². The molecular formula is C18H21NO3. The number of rotatable bonds is 6. The summed E-state index contributed by atoms with van der Waals surface area (Å²) in [5.41, 5.74) is 2.11. The highest BCUT2D eigenvalue weighted by Gasteiger charge is 2.14. The highest BCUT2D eigenvalue weighted by molar-refractivity contribution is 5.80. The van der Waals surface area contributed by atoms with Crippen molar-refractivity contribution < 1.29 is 14.3 Å². The fourth-order valence-corrected chi connectivity index (χ4v) is 2.02. The van der Waals surface area contributed by atoms with Crippen molar-refractivity contribution in [2.75, 3.05) is 7.11 Å². The number of amides is 1. The van der Waals surface area contributed by atoms with Crippen LogP contribution in [0.25, 0.3) is 0 Å². The van der Waals surface area contributed by atoms with Gasteiger partial charge < -0.3 is 14.8 Å². The van der Waals surface area contributed by atoms with Crippen LogP contribution in [0.4, 0.5) is 0 Å². The number of carbonyl (C=O) groups is 1. The van der Waals surface area contributed by atoms with Gasteiger partial charge in [0.25, 0.3) is 5.91 Å². The molecule has 0 aliphatic carbocycles. The van der Waals surface area contributed by atoms with Crippen LogP contribution < -0.4 is 14.8 Å². The lowest BCUT2D eigenvalue weighted by Crippen LogP contribution is -2.35. The Hall–Kier alpha value is -2.49. The van der Waals surface area contributed by atoms with E-state index in [0.29, 0.717) is 12.3 Å². The van der Waals surface area contributed by atoms with Crippen LogP contribution in [0.15, 0.2) is 48.5 Å². The summed E-state index contributed by atoms with van der Waals surface area (Å²) in [7, 11) is 1.63. The van der Waals surface area contributed by atoms with Gasteiger partial charge in [0.05, 0.1) is 7.11 Å². The predicted molar refractivity (Wildman–Crippen MR) is 86.1 cm³/mol. The van der Waals surface area contributed by atoms with Crippen molar-refractivity contribution in [3.8, 4) is 11.5 Å². The van der Waals surface area contributed by atoms with E-state index in [-0.39, 0.29) is 5.91 Å². The zero-order chi connectivity index (χ0) is 15.9. The Labute approximate surface area is 131 Å². The number of hydrogen-bond donors (Lipinski definition) is 1. The van der Waals surface area contributed by atoms with Gasteiger partial charge in [0.15, 0.2) is 6.10 Å². The van der Waals surface area contributed by atoms with Gasteiger partial charge in [0.1, 0.15) is 11.5 Å². The molecule has 1 N–H and O–H groups in total. The summed E-state index contributed by atoms with van der Waals surface area (Å²) >= 11 is 0. The van der Waals surface area contributed by atoms with Crippen molar-refractivity contribution in [3.05, 3.63) is 59.7 Å². The highest BCUT2D eigenvalue weighted by Crippen LogP contribution is 2.14. The van der Waals surface area contributed by atoms with Crippen LogP contribution in [0.1, 0.15) is 18.1 Å². The Bertz CT molecular complexity index is 622. The second kappa shape index (κ2) is 7.50. The van der Waals surface area contributed by atoms with E-state index in [1.165, 1.54) is 0 Å². The first-order valence-electron chi connectivity index (χ1n) is 7.22. The van der Waals surface area contributed by atoms with E-state index < -0.39 is 6.10 Å². The first-order chi connectivity index (χ1) is 10.6. The molecule has 0 bridgehead atoms. The van der Waals surface area contributed by atoms with E-state index >= 15 is 0 Å². The Morgan fingerprint density at radius 3 is 2.50 bits per heavy atom. The number of methoxy groups -OCH3 is 1. The minimum absolute atomic E-state index is 0.141. The molecule has 0 aliphatic rings. The molecule has 4 nitrogen and oxygen atoms in total. The molecule has 1 unspecified atom stereocenters. The van der Waals surface area contributed by atoms with Crippen LogP contribution in [-0.2, 0) is 11.3 Å². The van der Waals surface area contributed by atoms with Crippen LogP contribution in [0, 0.1) is 6.92 Å². The lowest BCUT2D eigenvalue weighted by atomic mass is 10.2. The second-order valence-electron chi connectivity index (χ2n) is 5.14. The molecule has 1 atom stereocenters. The molecule has 2 aromatic carbocycles. The summed E-state index contributed by atoms with van der Waals surface area (Å²) in [5, 5.41) is 2.87. The summed E-state index contributed by atoms with van der Waals surface area (Å²) in [5.74, 6) is 1.36. The van der Waals surface area contributed by atoms with Gasteiger partial charge in [-0.2, -0.15) is 0 Å². The minimum Gasteiger partial charge on any atom is -0.497 e. The maximum absolute atomic E-state index is 12.1. The lowest BCUT2D eigenvalue weighted by molar-refractivity contribution is -0.127. The molecule has 0 aliphatic heterocycles. The van der Waals surface area contributed by atoms with Crippen LogP contribution in [0.5, 0.6) is 11.5 Å². The van der Waals surface area contributed by atoms with Crippen molar-refractivity contribution >= 4 is 5.91 Å². The number of aryl methyl sites for hydroxylation is 1. The van der Waals surface area contributed by atoms with Crippen LogP contribution >= 0.6 is 0 Å². The number of carbonyl (C=O) groups excluding carboxylic acids is 1. The Morgan fingerprint density at radius 2 is 1.86 bits per heavy atom. The van der Waals surface area contributed by atoms with Gasteiger partial charge in [-0.15, -0.1) is 0 Å². The van der Waals surface area contributed by atoms with Crippen LogP contribution in [0.2, 0.25) is 0 Å². The Balaban J connectivity index is 1.85. The molecular weight excluding hydrogens is 278 g/mol. The molecule has 0 aromatic heterocycles. The fraction of sp³-hybridized carbons (Fsp3) is 0.278. The quantitative estimate of drug-likeness (QED) is 0.891. The summed E-state index contributed by atoms with van der Waals surface area (Å²) < 4.78 is 10.8. The Kier molecular flexibility index (Phi) is 5.42. The third-order valence-electron chi connectivity index (χ3n) is 3.30. The van der Waals surface area contributed by atoms with Crippen LogP contribution in [0.3, 0.4) is 0 Å². The van der Waals surface area contributed by atoms with Crippen molar-refractivity contribution in [2.45, 2.75) is 26.5 Å². The molecule has 4 heteroatoms. The monoisotopic (exact) mass is 299 g/mol. The Morgan fingerprint density at radius 1 is 1.14 bits per heavy atom. The molecule has 2 aromatic rings. The summed E-state index contributed by atoms with van der Waals surface area (Å²) in [4.78, 5) is 12.1. The SMILES string of the molecule is COc1ccc(CNC(=O)C(C)Oc2cccc(C)c2)cc1. The van der Waals surface area contributed by atoms with Crippen molar-refractivity contribution in [3.63, 3.8) is 0 Å². The van der Waals surface area contributed by atoms with Gasteiger partial charge in [-0.05, 0) is 49.2 Å². The molecule has 0 saturated heterocycles. The molecule has 0 saturated carbocycles. The van der Waals surface area contributed by atoms with Crippen molar-refractivity contribution in [1.82, 2.24) is 5.32 Å². The normalized spacial score (nSPS) is 11.6. The topological polar surface area (TPSA) is 47.6 Å².